The summed E-state index contributed by atoms with van der Waals surface area (Å²) in [7, 11) is 0. The molecule has 0 aromatic heterocycles. The van der Waals surface area contributed by atoms with E-state index in [1.165, 1.54) is 0 Å². The van der Waals surface area contributed by atoms with Gasteiger partial charge in [-0.25, -0.2) is 0 Å². The second-order valence-electron chi connectivity index (χ2n) is 5.00. The van der Waals surface area contributed by atoms with Gasteiger partial charge in [-0.05, 0) is 24.1 Å². The molecule has 20 heavy (non-hydrogen) atoms. The average Bonchev–Trinajstić information content (AvgIpc) is 2.50. The summed E-state index contributed by atoms with van der Waals surface area (Å²) in [5.74, 6) is 0.869. The molecule has 0 spiro atoms. The van der Waals surface area contributed by atoms with Crippen molar-refractivity contribution in [2.24, 2.45) is 0 Å². The van der Waals surface area contributed by atoms with Gasteiger partial charge in [-0.2, -0.15) is 5.26 Å². The summed E-state index contributed by atoms with van der Waals surface area (Å²) in [6.07, 6.45) is 1.56. The Kier molecular flexibility index (Phi) is 5.85. The van der Waals surface area contributed by atoms with Crippen LogP contribution in [-0.4, -0.2) is 43.9 Å². The summed E-state index contributed by atoms with van der Waals surface area (Å²) < 4.78 is 11.3. The van der Waals surface area contributed by atoms with Crippen molar-refractivity contribution in [3.8, 4) is 11.8 Å². The van der Waals surface area contributed by atoms with Crippen molar-refractivity contribution in [3.05, 3.63) is 29.8 Å². The van der Waals surface area contributed by atoms with Crippen LogP contribution in [0, 0.1) is 11.3 Å². The molecule has 2 rings (SSSR count). The lowest BCUT2D eigenvalue weighted by atomic mass is 10.1. The van der Waals surface area contributed by atoms with Gasteiger partial charge in [-0.3, -0.25) is 4.90 Å². The van der Waals surface area contributed by atoms with Crippen LogP contribution >= 0.6 is 0 Å². The van der Waals surface area contributed by atoms with Crippen molar-refractivity contribution in [3.63, 3.8) is 0 Å². The predicted molar refractivity (Wildman–Crippen MR) is 77.7 cm³/mol. The van der Waals surface area contributed by atoms with Crippen molar-refractivity contribution in [2.45, 2.75) is 25.8 Å². The molecule has 1 atom stereocenters. The van der Waals surface area contributed by atoms with Crippen LogP contribution in [0.4, 0.5) is 0 Å². The zero-order valence-corrected chi connectivity index (χ0v) is 12.0. The molecular weight excluding hydrogens is 252 g/mol. The molecule has 1 fully saturated rings. The van der Waals surface area contributed by atoms with E-state index in [9.17, 15) is 0 Å². The van der Waals surface area contributed by atoms with Crippen LogP contribution in [0.2, 0.25) is 0 Å². The number of ether oxygens (including phenoxy) is 2. The number of nitriles is 1. The second-order valence-corrected chi connectivity index (χ2v) is 5.00. The molecule has 0 bridgehead atoms. The Morgan fingerprint density at radius 2 is 2.20 bits per heavy atom. The molecule has 0 saturated carbocycles. The summed E-state index contributed by atoms with van der Waals surface area (Å²) in [6.45, 7) is 6.46. The minimum absolute atomic E-state index is 0.451. The number of rotatable bonds is 6. The molecule has 1 aliphatic rings. The number of hydrogen-bond donors (Lipinski definition) is 0. The number of benzene rings is 1. The van der Waals surface area contributed by atoms with Crippen LogP contribution in [0.15, 0.2) is 24.3 Å². The molecule has 4 heteroatoms. The van der Waals surface area contributed by atoms with E-state index in [4.69, 9.17) is 14.7 Å². The third-order valence-corrected chi connectivity index (χ3v) is 3.67. The quantitative estimate of drug-likeness (QED) is 0.798. The zero-order chi connectivity index (χ0) is 14.2. The lowest BCUT2D eigenvalue weighted by Gasteiger charge is -2.34. The maximum Gasteiger partial charge on any atom is 0.119 e. The van der Waals surface area contributed by atoms with Gasteiger partial charge >= 0.3 is 0 Å². The predicted octanol–water partition coefficient (Wildman–Crippen LogP) is 2.24. The zero-order valence-electron chi connectivity index (χ0n) is 12.0. The van der Waals surface area contributed by atoms with Gasteiger partial charge < -0.3 is 9.47 Å². The number of nitrogens with zero attached hydrogens (tertiary/aromatic N) is 2. The van der Waals surface area contributed by atoms with Gasteiger partial charge in [0.25, 0.3) is 0 Å². The molecule has 0 N–H and O–H groups in total. The average molecular weight is 274 g/mol. The topological polar surface area (TPSA) is 45.5 Å². The minimum Gasteiger partial charge on any atom is -0.492 e. The van der Waals surface area contributed by atoms with Crippen LogP contribution in [0.5, 0.6) is 5.75 Å². The van der Waals surface area contributed by atoms with Gasteiger partial charge in [0.15, 0.2) is 0 Å². The van der Waals surface area contributed by atoms with E-state index in [0.29, 0.717) is 19.1 Å². The van der Waals surface area contributed by atoms with Crippen molar-refractivity contribution in [1.82, 2.24) is 4.90 Å². The third-order valence-electron chi connectivity index (χ3n) is 3.67. The number of hydrogen-bond acceptors (Lipinski definition) is 4. The van der Waals surface area contributed by atoms with E-state index in [2.05, 4.69) is 17.9 Å². The summed E-state index contributed by atoms with van der Waals surface area (Å²) in [5.41, 5.74) is 1.03. The molecule has 0 aliphatic carbocycles. The summed E-state index contributed by atoms with van der Waals surface area (Å²) in [4.78, 5) is 2.44. The summed E-state index contributed by atoms with van der Waals surface area (Å²) >= 11 is 0. The van der Waals surface area contributed by atoms with Crippen LogP contribution in [0.1, 0.15) is 18.9 Å². The molecule has 1 aliphatic heterocycles. The van der Waals surface area contributed by atoms with Gasteiger partial charge in [-0.15, -0.1) is 0 Å². The van der Waals surface area contributed by atoms with Crippen LogP contribution in [0.25, 0.3) is 0 Å². The highest BCUT2D eigenvalue weighted by atomic mass is 16.5. The van der Waals surface area contributed by atoms with Crippen molar-refractivity contribution < 1.29 is 9.47 Å². The van der Waals surface area contributed by atoms with E-state index in [-0.39, 0.29) is 0 Å². The molecule has 1 aromatic carbocycles. The first-order chi connectivity index (χ1) is 9.83. The standard InChI is InChI=1S/C16H22N2O2/c1-2-15-13-19-11-9-18(15)10-12-20-16-5-3-14(4-6-16)7-8-17/h3-6,15H,2,7,9-13H2,1H3. The maximum absolute atomic E-state index is 8.63. The van der Waals surface area contributed by atoms with Gasteiger partial charge in [0.2, 0.25) is 0 Å². The maximum atomic E-state index is 8.63. The lowest BCUT2D eigenvalue weighted by molar-refractivity contribution is -0.0132. The van der Waals surface area contributed by atoms with E-state index >= 15 is 0 Å². The Balaban J connectivity index is 1.76. The highest BCUT2D eigenvalue weighted by molar-refractivity contribution is 5.28. The first-order valence-electron chi connectivity index (χ1n) is 7.24. The fourth-order valence-electron chi connectivity index (χ4n) is 2.44. The molecule has 4 nitrogen and oxygen atoms in total. The summed E-state index contributed by atoms with van der Waals surface area (Å²) in [6, 6.07) is 10.4. The second kappa shape index (κ2) is 7.88. The Labute approximate surface area is 120 Å². The van der Waals surface area contributed by atoms with Gasteiger partial charge in [0, 0.05) is 19.1 Å². The highest BCUT2D eigenvalue weighted by Gasteiger charge is 2.20. The largest absolute Gasteiger partial charge is 0.492 e. The molecular formula is C16H22N2O2. The third kappa shape index (κ3) is 4.22. The van der Waals surface area contributed by atoms with E-state index < -0.39 is 0 Å². The first-order valence-corrected chi connectivity index (χ1v) is 7.24. The molecule has 1 unspecified atom stereocenters. The normalized spacial score (nSPS) is 19.5. The fourth-order valence-corrected chi connectivity index (χ4v) is 2.44. The van der Waals surface area contributed by atoms with Crippen LogP contribution < -0.4 is 4.74 Å². The highest BCUT2D eigenvalue weighted by Crippen LogP contribution is 2.14. The Bertz CT molecular complexity index is 439. The van der Waals surface area contributed by atoms with Gasteiger partial charge in [-0.1, -0.05) is 19.1 Å². The monoisotopic (exact) mass is 274 g/mol. The molecule has 108 valence electrons. The van der Waals surface area contributed by atoms with Crippen molar-refractivity contribution in [1.29, 1.82) is 5.26 Å². The molecule has 1 heterocycles. The molecule has 1 saturated heterocycles. The van der Waals surface area contributed by atoms with Crippen molar-refractivity contribution >= 4 is 0 Å². The molecule has 0 amide bonds. The number of morpholine rings is 1. The van der Waals surface area contributed by atoms with Gasteiger partial charge in [0.05, 0.1) is 25.7 Å². The SMILES string of the molecule is CCC1COCCN1CCOc1ccc(CC#N)cc1. The Hall–Kier alpha value is -1.57. The lowest BCUT2D eigenvalue weighted by Crippen LogP contribution is -2.46. The smallest absolute Gasteiger partial charge is 0.119 e. The first kappa shape index (κ1) is 14.8. The van der Waals surface area contributed by atoms with Crippen LogP contribution in [-0.2, 0) is 11.2 Å². The molecule has 1 aromatic rings. The van der Waals surface area contributed by atoms with Crippen LogP contribution in [0.3, 0.4) is 0 Å². The van der Waals surface area contributed by atoms with E-state index in [1.54, 1.807) is 0 Å². The van der Waals surface area contributed by atoms with Gasteiger partial charge in [0.1, 0.15) is 12.4 Å². The fraction of sp³-hybridized carbons (Fsp3) is 0.562. The Morgan fingerprint density at radius 3 is 2.90 bits per heavy atom. The van der Waals surface area contributed by atoms with Crippen molar-refractivity contribution in [2.75, 3.05) is 32.9 Å². The Morgan fingerprint density at radius 1 is 1.40 bits per heavy atom. The van der Waals surface area contributed by atoms with E-state index in [0.717, 1.165) is 44.0 Å². The molecule has 0 radical (unpaired) electrons. The minimum atomic E-state index is 0.451. The summed E-state index contributed by atoms with van der Waals surface area (Å²) in [5, 5.41) is 8.63. The van der Waals surface area contributed by atoms with E-state index in [1.807, 2.05) is 24.3 Å².